The number of unbranched alkanes of at least 4 members (excludes halogenated alkanes) is 41. The lowest BCUT2D eigenvalue weighted by Gasteiger charge is -2.21. The Morgan fingerprint density at radius 1 is 0.283 bits per heavy atom. The summed E-state index contributed by atoms with van der Waals surface area (Å²) in [5.74, 6) is 1.02. The molecule has 0 radical (unpaired) electrons. The normalized spacial score (nSPS) is 14.6. The van der Waals surface area contributed by atoms with E-state index in [2.05, 4.69) is 55.4 Å². The SMILES string of the molecule is CCC(C)CCCCCCCCCCCCCCCCCCCCC(=O)OC[C@H](COP(=O)(O)OCC(O)COP(=O)(O)OC[C@@H](COC(=O)CCCCCCCCCC(C)C)OC(=O)CCCCCCCCCCCCC(C)C)OC(=O)CCCCCCCCCCCCC(C)CC. The number of aliphatic hydroxyl groups is 1. The lowest BCUT2D eigenvalue weighted by Crippen LogP contribution is -2.30. The van der Waals surface area contributed by atoms with Crippen molar-refractivity contribution in [1.82, 2.24) is 0 Å². The molecule has 0 saturated carbocycles. The molecule has 99 heavy (non-hydrogen) atoms. The second kappa shape index (κ2) is 69.1. The van der Waals surface area contributed by atoms with E-state index in [1.807, 2.05) is 0 Å². The van der Waals surface area contributed by atoms with Crippen LogP contribution in [-0.4, -0.2) is 96.7 Å². The predicted octanol–water partition coefficient (Wildman–Crippen LogP) is 23.6. The van der Waals surface area contributed by atoms with Gasteiger partial charge < -0.3 is 33.8 Å². The Kier molecular flexibility index (Phi) is 67.8. The van der Waals surface area contributed by atoms with Crippen molar-refractivity contribution >= 4 is 39.5 Å². The van der Waals surface area contributed by atoms with Crippen LogP contribution in [0.1, 0.15) is 409 Å². The average Bonchev–Trinajstić information content (AvgIpc) is 1.09. The Labute approximate surface area is 607 Å². The van der Waals surface area contributed by atoms with E-state index in [4.69, 9.17) is 37.0 Å². The van der Waals surface area contributed by atoms with Gasteiger partial charge in [0.2, 0.25) is 0 Å². The molecule has 3 N–H and O–H groups in total. The van der Waals surface area contributed by atoms with Crippen LogP contribution >= 0.6 is 15.6 Å². The van der Waals surface area contributed by atoms with Gasteiger partial charge in [-0.05, 0) is 49.4 Å². The Morgan fingerprint density at radius 3 is 0.717 bits per heavy atom. The summed E-state index contributed by atoms with van der Waals surface area (Å²) in [5.41, 5.74) is 0. The highest BCUT2D eigenvalue weighted by molar-refractivity contribution is 7.47. The third-order valence-corrected chi connectivity index (χ3v) is 21.2. The van der Waals surface area contributed by atoms with E-state index in [0.29, 0.717) is 31.6 Å². The minimum Gasteiger partial charge on any atom is -0.462 e. The van der Waals surface area contributed by atoms with Crippen LogP contribution in [0.2, 0.25) is 0 Å². The Hall–Kier alpha value is -1.94. The van der Waals surface area contributed by atoms with Crippen molar-refractivity contribution in [2.45, 2.75) is 427 Å². The van der Waals surface area contributed by atoms with Crippen molar-refractivity contribution in [2.75, 3.05) is 39.6 Å². The summed E-state index contributed by atoms with van der Waals surface area (Å²) in [6, 6.07) is 0. The van der Waals surface area contributed by atoms with Gasteiger partial charge in [-0.3, -0.25) is 37.3 Å². The summed E-state index contributed by atoms with van der Waals surface area (Å²) in [6.07, 6.45) is 55.6. The second-order valence-electron chi connectivity index (χ2n) is 30.2. The molecule has 0 aromatic heterocycles. The van der Waals surface area contributed by atoms with E-state index in [9.17, 15) is 43.2 Å². The maximum Gasteiger partial charge on any atom is 0.472 e. The van der Waals surface area contributed by atoms with Gasteiger partial charge in [-0.25, -0.2) is 9.13 Å². The minimum absolute atomic E-state index is 0.105. The van der Waals surface area contributed by atoms with Gasteiger partial charge in [0.05, 0.1) is 26.4 Å². The van der Waals surface area contributed by atoms with Crippen LogP contribution in [-0.2, 0) is 65.4 Å². The van der Waals surface area contributed by atoms with Gasteiger partial charge in [0.1, 0.15) is 19.3 Å². The van der Waals surface area contributed by atoms with E-state index < -0.39 is 97.5 Å². The Morgan fingerprint density at radius 2 is 0.485 bits per heavy atom. The predicted molar refractivity (Wildman–Crippen MR) is 404 cm³/mol. The number of hydrogen-bond acceptors (Lipinski definition) is 15. The highest BCUT2D eigenvalue weighted by Gasteiger charge is 2.30. The third-order valence-electron chi connectivity index (χ3n) is 19.3. The maximum absolute atomic E-state index is 13.1. The Balaban J connectivity index is 5.19. The fourth-order valence-corrected chi connectivity index (χ4v) is 13.8. The van der Waals surface area contributed by atoms with E-state index in [1.165, 1.54) is 205 Å². The number of phosphoric acid groups is 2. The molecule has 0 heterocycles. The summed E-state index contributed by atoms with van der Waals surface area (Å²) in [4.78, 5) is 72.9. The van der Waals surface area contributed by atoms with E-state index in [0.717, 1.165) is 114 Å². The first-order valence-corrected chi connectivity index (χ1v) is 44.3. The largest absolute Gasteiger partial charge is 0.472 e. The number of carbonyl (C=O) groups excluding carboxylic acids is 4. The van der Waals surface area contributed by atoms with Crippen molar-refractivity contribution in [3.63, 3.8) is 0 Å². The molecule has 7 atom stereocenters. The number of carbonyl (C=O) groups is 4. The molecule has 0 aliphatic rings. The van der Waals surface area contributed by atoms with E-state index in [-0.39, 0.29) is 25.7 Å². The highest BCUT2D eigenvalue weighted by Crippen LogP contribution is 2.45. The van der Waals surface area contributed by atoms with Gasteiger partial charge in [-0.1, -0.05) is 357 Å². The molecule has 0 saturated heterocycles. The van der Waals surface area contributed by atoms with Crippen LogP contribution < -0.4 is 0 Å². The van der Waals surface area contributed by atoms with Gasteiger partial charge in [-0.2, -0.15) is 0 Å². The van der Waals surface area contributed by atoms with Crippen molar-refractivity contribution in [2.24, 2.45) is 23.7 Å². The van der Waals surface area contributed by atoms with Crippen LogP contribution in [0.4, 0.5) is 0 Å². The molecule has 0 aliphatic heterocycles. The molecule has 5 unspecified atom stereocenters. The molecule has 19 heteroatoms. The fourth-order valence-electron chi connectivity index (χ4n) is 12.2. The number of rotatable bonds is 77. The number of hydrogen-bond donors (Lipinski definition) is 3. The summed E-state index contributed by atoms with van der Waals surface area (Å²) >= 11 is 0. The van der Waals surface area contributed by atoms with Crippen molar-refractivity contribution in [3.8, 4) is 0 Å². The molecule has 0 rings (SSSR count). The quantitative estimate of drug-likeness (QED) is 0.0222. The van der Waals surface area contributed by atoms with Crippen molar-refractivity contribution < 1.29 is 80.2 Å². The van der Waals surface area contributed by atoms with E-state index in [1.54, 1.807) is 0 Å². The lowest BCUT2D eigenvalue weighted by atomic mass is 9.99. The third kappa shape index (κ3) is 71.5. The molecular weight excluding hydrogens is 1290 g/mol. The number of phosphoric ester groups is 2. The molecule has 0 bridgehead atoms. The van der Waals surface area contributed by atoms with Gasteiger partial charge in [0.15, 0.2) is 12.2 Å². The fraction of sp³-hybridized carbons (Fsp3) is 0.950. The molecule has 0 aromatic rings. The topological polar surface area (TPSA) is 237 Å². The highest BCUT2D eigenvalue weighted by atomic mass is 31.2. The van der Waals surface area contributed by atoms with Gasteiger partial charge in [0, 0.05) is 25.7 Å². The number of ether oxygens (including phenoxy) is 4. The molecule has 0 spiro atoms. The first-order chi connectivity index (χ1) is 47.7. The summed E-state index contributed by atoms with van der Waals surface area (Å²) < 4.78 is 68.6. The standard InChI is InChI=1S/C80H156O17P2/c1-9-72(7)58-50-42-34-26-19-17-15-13-11-12-14-16-18-20-28-36-44-52-60-77(82)90-66-75(96-80(85)63-55-47-38-30-24-22-27-35-43-51-59-73(8)10-2)68-94-98(86,87)92-64-74(81)65-93-99(88,89)95-69-76(67-91-78(83)61-53-45-39-31-33-41-49-57-71(5)6)97-79(84)62-54-46-37-29-23-21-25-32-40-48-56-70(3)4/h70-76,81H,9-69H2,1-8H3,(H,86,87)(H,88,89)/t72?,73?,74?,75-,76-/m1/s1. The monoisotopic (exact) mass is 1450 g/mol. The minimum atomic E-state index is -4.96. The molecule has 0 aromatic carbocycles. The Bertz CT molecular complexity index is 1940. The van der Waals surface area contributed by atoms with Gasteiger partial charge in [-0.15, -0.1) is 0 Å². The van der Waals surface area contributed by atoms with Gasteiger partial charge >= 0.3 is 39.5 Å². The van der Waals surface area contributed by atoms with Gasteiger partial charge in [0.25, 0.3) is 0 Å². The lowest BCUT2D eigenvalue weighted by molar-refractivity contribution is -0.161. The smallest absolute Gasteiger partial charge is 0.462 e. The summed E-state index contributed by atoms with van der Waals surface area (Å²) in [6.45, 7) is 14.3. The van der Waals surface area contributed by atoms with Crippen LogP contribution in [0.5, 0.6) is 0 Å². The first kappa shape index (κ1) is 97.1. The van der Waals surface area contributed by atoms with Crippen LogP contribution in [0.25, 0.3) is 0 Å². The molecule has 0 aliphatic carbocycles. The zero-order valence-electron chi connectivity index (χ0n) is 65.1. The average molecular weight is 1450 g/mol. The molecular formula is C80H156O17P2. The number of aliphatic hydroxyl groups excluding tert-OH is 1. The maximum atomic E-state index is 13.1. The zero-order chi connectivity index (χ0) is 73.1. The van der Waals surface area contributed by atoms with Crippen LogP contribution in [0.15, 0.2) is 0 Å². The van der Waals surface area contributed by atoms with Crippen molar-refractivity contribution in [1.29, 1.82) is 0 Å². The molecule has 588 valence electrons. The number of esters is 4. The summed E-state index contributed by atoms with van der Waals surface area (Å²) in [5, 5.41) is 10.6. The van der Waals surface area contributed by atoms with Crippen LogP contribution in [0, 0.1) is 23.7 Å². The van der Waals surface area contributed by atoms with Crippen LogP contribution in [0.3, 0.4) is 0 Å². The molecule has 0 fully saturated rings. The summed E-state index contributed by atoms with van der Waals surface area (Å²) in [7, 11) is -9.92. The van der Waals surface area contributed by atoms with Crippen molar-refractivity contribution in [3.05, 3.63) is 0 Å². The second-order valence-corrected chi connectivity index (χ2v) is 33.1. The van der Waals surface area contributed by atoms with E-state index >= 15 is 0 Å². The zero-order valence-corrected chi connectivity index (χ0v) is 66.9. The molecule has 0 amide bonds. The first-order valence-electron chi connectivity index (χ1n) is 41.3. The molecule has 17 nitrogen and oxygen atoms in total.